The molecule has 1 rings (SSSR count). The molecule has 4 nitrogen and oxygen atoms in total. The fraction of sp³-hybridized carbons (Fsp3) is 0.500. The van der Waals surface area contributed by atoms with Crippen LogP contribution < -0.4 is 10.6 Å². The van der Waals surface area contributed by atoms with Gasteiger partial charge in [0.15, 0.2) is 0 Å². The van der Waals surface area contributed by atoms with Gasteiger partial charge >= 0.3 is 0 Å². The second-order valence-corrected chi connectivity index (χ2v) is 4.31. The molecule has 4 heteroatoms. The second kappa shape index (κ2) is 7.71. The number of carbonyl (C=O) groups excluding carboxylic acids is 1. The maximum atomic E-state index is 12.0. The summed E-state index contributed by atoms with van der Waals surface area (Å²) >= 11 is 0. The van der Waals surface area contributed by atoms with Crippen molar-refractivity contribution in [2.24, 2.45) is 5.73 Å². The Labute approximate surface area is 109 Å². The molecule has 100 valence electrons. The fourth-order valence-electron chi connectivity index (χ4n) is 1.76. The van der Waals surface area contributed by atoms with Gasteiger partial charge in [0.05, 0.1) is 6.54 Å². The quantitative estimate of drug-likeness (QED) is 0.793. The summed E-state index contributed by atoms with van der Waals surface area (Å²) in [4.78, 5) is 15.9. The van der Waals surface area contributed by atoms with Gasteiger partial charge in [0.2, 0.25) is 5.91 Å². The zero-order valence-electron chi connectivity index (χ0n) is 11.3. The van der Waals surface area contributed by atoms with Crippen LogP contribution in [0.2, 0.25) is 0 Å². The molecular formula is C14H23N3O. The lowest BCUT2D eigenvalue weighted by atomic mass is 10.3. The molecule has 0 radical (unpaired) electrons. The average molecular weight is 249 g/mol. The second-order valence-electron chi connectivity index (χ2n) is 4.31. The van der Waals surface area contributed by atoms with Crippen molar-refractivity contribution in [3.63, 3.8) is 0 Å². The van der Waals surface area contributed by atoms with Gasteiger partial charge in [0.1, 0.15) is 0 Å². The summed E-state index contributed by atoms with van der Waals surface area (Å²) in [5, 5.41) is 0. The zero-order chi connectivity index (χ0) is 13.4. The molecule has 0 bridgehead atoms. The third kappa shape index (κ3) is 4.37. The topological polar surface area (TPSA) is 49.6 Å². The van der Waals surface area contributed by atoms with Gasteiger partial charge in [-0.05, 0) is 32.0 Å². The Hall–Kier alpha value is -1.55. The van der Waals surface area contributed by atoms with E-state index >= 15 is 0 Å². The largest absolute Gasteiger partial charge is 0.362 e. The van der Waals surface area contributed by atoms with E-state index in [0.29, 0.717) is 13.1 Å². The van der Waals surface area contributed by atoms with Crippen molar-refractivity contribution in [2.45, 2.75) is 13.3 Å². The number of nitrogens with zero attached hydrogens (tertiary/aromatic N) is 2. The highest BCUT2D eigenvalue weighted by Gasteiger charge is 2.13. The van der Waals surface area contributed by atoms with E-state index in [9.17, 15) is 4.79 Å². The van der Waals surface area contributed by atoms with Crippen LogP contribution in [-0.4, -0.2) is 44.0 Å². The molecule has 1 aromatic carbocycles. The third-order valence-electron chi connectivity index (χ3n) is 2.95. The number of rotatable bonds is 7. The first-order valence-electron chi connectivity index (χ1n) is 6.43. The Kier molecular flexibility index (Phi) is 6.22. The lowest BCUT2D eigenvalue weighted by Crippen LogP contribution is -2.39. The van der Waals surface area contributed by atoms with Gasteiger partial charge in [-0.25, -0.2) is 0 Å². The average Bonchev–Trinajstić information content (AvgIpc) is 2.42. The first-order valence-corrected chi connectivity index (χ1v) is 6.43. The van der Waals surface area contributed by atoms with E-state index in [4.69, 9.17) is 5.73 Å². The minimum absolute atomic E-state index is 0.133. The first-order chi connectivity index (χ1) is 8.69. The molecule has 0 saturated heterocycles. The van der Waals surface area contributed by atoms with E-state index in [-0.39, 0.29) is 5.91 Å². The summed E-state index contributed by atoms with van der Waals surface area (Å²) in [5.74, 6) is 0.133. The number of para-hydroxylation sites is 1. The standard InChI is InChI=1S/C14H23N3O/c1-3-17(13-8-5-4-6-9-13)12-14(18)16(2)11-7-10-15/h4-6,8-9H,3,7,10-12,15H2,1-2H3. The normalized spacial score (nSPS) is 10.2. The predicted molar refractivity (Wildman–Crippen MR) is 75.6 cm³/mol. The molecule has 0 spiro atoms. The van der Waals surface area contributed by atoms with Crippen LogP contribution in [-0.2, 0) is 4.79 Å². The Morgan fingerprint density at radius 1 is 1.28 bits per heavy atom. The van der Waals surface area contributed by atoms with Gasteiger partial charge in [-0.2, -0.15) is 0 Å². The summed E-state index contributed by atoms with van der Waals surface area (Å²) < 4.78 is 0. The minimum Gasteiger partial charge on any atom is -0.362 e. The number of amides is 1. The van der Waals surface area contributed by atoms with Crippen LogP contribution in [0.25, 0.3) is 0 Å². The molecule has 0 saturated carbocycles. The molecular weight excluding hydrogens is 226 g/mol. The Balaban J connectivity index is 2.56. The van der Waals surface area contributed by atoms with Crippen molar-refractivity contribution in [1.29, 1.82) is 0 Å². The molecule has 0 aliphatic rings. The molecule has 0 aromatic heterocycles. The van der Waals surface area contributed by atoms with Crippen molar-refractivity contribution < 1.29 is 4.79 Å². The lowest BCUT2D eigenvalue weighted by Gasteiger charge is -2.25. The van der Waals surface area contributed by atoms with Crippen LogP contribution in [0.3, 0.4) is 0 Å². The molecule has 0 heterocycles. The summed E-state index contributed by atoms with van der Waals surface area (Å²) in [6.07, 6.45) is 0.847. The molecule has 0 aliphatic heterocycles. The van der Waals surface area contributed by atoms with Gasteiger partial charge in [-0.15, -0.1) is 0 Å². The van der Waals surface area contributed by atoms with Crippen LogP contribution in [0.4, 0.5) is 5.69 Å². The van der Waals surface area contributed by atoms with Crippen LogP contribution >= 0.6 is 0 Å². The monoisotopic (exact) mass is 249 g/mol. The van der Waals surface area contributed by atoms with Gasteiger partial charge in [0, 0.05) is 25.8 Å². The smallest absolute Gasteiger partial charge is 0.241 e. The van der Waals surface area contributed by atoms with Gasteiger partial charge in [0.25, 0.3) is 0 Å². The fourth-order valence-corrected chi connectivity index (χ4v) is 1.76. The van der Waals surface area contributed by atoms with Gasteiger partial charge in [-0.1, -0.05) is 18.2 Å². The van der Waals surface area contributed by atoms with Crippen molar-refractivity contribution in [3.8, 4) is 0 Å². The van der Waals surface area contributed by atoms with Crippen molar-refractivity contribution in [3.05, 3.63) is 30.3 Å². The van der Waals surface area contributed by atoms with Crippen molar-refractivity contribution in [1.82, 2.24) is 4.90 Å². The first kappa shape index (κ1) is 14.5. The summed E-state index contributed by atoms with van der Waals surface area (Å²) in [6, 6.07) is 10.0. The molecule has 2 N–H and O–H groups in total. The number of hydrogen-bond donors (Lipinski definition) is 1. The van der Waals surface area contributed by atoms with Crippen LogP contribution in [0.15, 0.2) is 30.3 Å². The number of anilines is 1. The molecule has 0 fully saturated rings. The number of hydrogen-bond acceptors (Lipinski definition) is 3. The number of carbonyl (C=O) groups is 1. The van der Waals surface area contributed by atoms with E-state index in [0.717, 1.165) is 25.2 Å². The highest BCUT2D eigenvalue weighted by molar-refractivity contribution is 5.81. The SMILES string of the molecule is CCN(CC(=O)N(C)CCCN)c1ccccc1. The molecule has 18 heavy (non-hydrogen) atoms. The van der Waals surface area contributed by atoms with E-state index in [2.05, 4.69) is 11.8 Å². The highest BCUT2D eigenvalue weighted by atomic mass is 16.2. The number of likely N-dealkylation sites (N-methyl/N-ethyl adjacent to an activating group) is 2. The van der Waals surface area contributed by atoms with Crippen LogP contribution in [0, 0.1) is 0 Å². The predicted octanol–water partition coefficient (Wildman–Crippen LogP) is 1.32. The Bertz CT molecular complexity index is 353. The maximum absolute atomic E-state index is 12.0. The minimum atomic E-state index is 0.133. The summed E-state index contributed by atoms with van der Waals surface area (Å²) in [6.45, 7) is 4.64. The van der Waals surface area contributed by atoms with E-state index in [1.807, 2.05) is 37.4 Å². The zero-order valence-corrected chi connectivity index (χ0v) is 11.3. The number of nitrogens with two attached hydrogens (primary N) is 1. The van der Waals surface area contributed by atoms with E-state index in [1.165, 1.54) is 0 Å². The molecule has 0 aliphatic carbocycles. The highest BCUT2D eigenvalue weighted by Crippen LogP contribution is 2.12. The molecule has 1 aromatic rings. The Morgan fingerprint density at radius 3 is 2.50 bits per heavy atom. The molecule has 0 atom stereocenters. The summed E-state index contributed by atoms with van der Waals surface area (Å²) in [5.41, 5.74) is 6.53. The van der Waals surface area contributed by atoms with Crippen molar-refractivity contribution >= 4 is 11.6 Å². The third-order valence-corrected chi connectivity index (χ3v) is 2.95. The van der Waals surface area contributed by atoms with E-state index in [1.54, 1.807) is 4.90 Å². The van der Waals surface area contributed by atoms with Crippen LogP contribution in [0.5, 0.6) is 0 Å². The molecule has 1 amide bonds. The summed E-state index contributed by atoms with van der Waals surface area (Å²) in [7, 11) is 1.83. The van der Waals surface area contributed by atoms with Gasteiger partial charge < -0.3 is 15.5 Å². The lowest BCUT2D eigenvalue weighted by molar-refractivity contribution is -0.128. The van der Waals surface area contributed by atoms with Gasteiger partial charge in [-0.3, -0.25) is 4.79 Å². The van der Waals surface area contributed by atoms with Crippen LogP contribution in [0.1, 0.15) is 13.3 Å². The van der Waals surface area contributed by atoms with E-state index < -0.39 is 0 Å². The van der Waals surface area contributed by atoms with Crippen molar-refractivity contribution in [2.75, 3.05) is 38.1 Å². The Morgan fingerprint density at radius 2 is 1.94 bits per heavy atom. The maximum Gasteiger partial charge on any atom is 0.241 e. The number of benzene rings is 1. The molecule has 0 unspecified atom stereocenters.